The number of thiocarbonyl (C=S) groups is 1. The van der Waals surface area contributed by atoms with E-state index >= 15 is 0 Å². The molecule has 0 radical (unpaired) electrons. The molecule has 40 heavy (non-hydrogen) atoms. The number of hydrogen-bond donors (Lipinski definition) is 2. The fraction of sp³-hybridized carbons (Fsp3) is 0.233. The van der Waals surface area contributed by atoms with Gasteiger partial charge in [0, 0.05) is 35.2 Å². The van der Waals surface area contributed by atoms with Crippen molar-refractivity contribution in [2.24, 2.45) is 0 Å². The molecule has 0 aliphatic carbocycles. The second kappa shape index (κ2) is 11.2. The molecule has 0 bridgehead atoms. The van der Waals surface area contributed by atoms with E-state index in [2.05, 4.69) is 45.0 Å². The van der Waals surface area contributed by atoms with Crippen molar-refractivity contribution in [3.8, 4) is 17.2 Å². The number of halogens is 1. The maximum atomic E-state index is 11.9. The number of benzene rings is 2. The van der Waals surface area contributed by atoms with Gasteiger partial charge in [-0.25, -0.2) is 0 Å². The maximum Gasteiger partial charge on any atom is 0.221 e. The molecule has 1 aliphatic heterocycles. The molecule has 3 heterocycles. The minimum Gasteiger partial charge on any atom is -0.495 e. The lowest BCUT2D eigenvalue weighted by molar-refractivity contribution is -0.114. The lowest BCUT2D eigenvalue weighted by atomic mass is 9.96. The van der Waals surface area contributed by atoms with Crippen LogP contribution in [0, 0.1) is 13.8 Å². The second-order valence-electron chi connectivity index (χ2n) is 9.54. The molecular formula is C30H30ClN5O3S. The van der Waals surface area contributed by atoms with Crippen molar-refractivity contribution < 1.29 is 14.3 Å². The Kier molecular flexibility index (Phi) is 7.69. The van der Waals surface area contributed by atoms with Gasteiger partial charge in [0.2, 0.25) is 5.91 Å². The van der Waals surface area contributed by atoms with Crippen molar-refractivity contribution in [3.63, 3.8) is 0 Å². The van der Waals surface area contributed by atoms with Gasteiger partial charge in [0.25, 0.3) is 0 Å². The summed E-state index contributed by atoms with van der Waals surface area (Å²) >= 11 is 12.3. The summed E-state index contributed by atoms with van der Waals surface area (Å²) in [4.78, 5) is 18.7. The average molecular weight is 576 g/mol. The van der Waals surface area contributed by atoms with Gasteiger partial charge in [-0.05, 0) is 86.2 Å². The summed E-state index contributed by atoms with van der Waals surface area (Å²) in [5.74, 6) is 1.08. The van der Waals surface area contributed by atoms with Crippen LogP contribution in [0.25, 0.3) is 5.69 Å². The quantitative estimate of drug-likeness (QED) is 0.250. The number of ether oxygens (including phenoxy) is 2. The van der Waals surface area contributed by atoms with E-state index in [0.717, 1.165) is 34.0 Å². The number of aryl methyl sites for hydroxylation is 1. The summed E-state index contributed by atoms with van der Waals surface area (Å²) < 4.78 is 13.3. The molecule has 1 amide bonds. The number of hydrogen-bond acceptors (Lipinski definition) is 5. The highest BCUT2D eigenvalue weighted by atomic mass is 35.5. The molecule has 5 rings (SSSR count). The summed E-state index contributed by atoms with van der Waals surface area (Å²) in [6.07, 6.45) is 1.78. The number of rotatable bonds is 7. The largest absolute Gasteiger partial charge is 0.495 e. The maximum absolute atomic E-state index is 11.9. The third-order valence-corrected chi connectivity index (χ3v) is 7.59. The van der Waals surface area contributed by atoms with Gasteiger partial charge in [0.05, 0.1) is 43.4 Å². The van der Waals surface area contributed by atoms with Crippen LogP contribution in [0.3, 0.4) is 0 Å². The van der Waals surface area contributed by atoms with Crippen molar-refractivity contribution in [2.75, 3.05) is 24.4 Å². The van der Waals surface area contributed by atoms with Crippen LogP contribution in [-0.2, 0) is 4.79 Å². The molecule has 10 heteroatoms. The predicted octanol–water partition coefficient (Wildman–Crippen LogP) is 6.30. The molecule has 8 nitrogen and oxygen atoms in total. The van der Waals surface area contributed by atoms with E-state index < -0.39 is 0 Å². The van der Waals surface area contributed by atoms with Crippen LogP contribution in [0.5, 0.6) is 11.5 Å². The predicted molar refractivity (Wildman–Crippen MR) is 162 cm³/mol. The lowest BCUT2D eigenvalue weighted by Gasteiger charge is -2.29. The molecule has 0 spiro atoms. The number of carbonyl (C=O) groups is 1. The van der Waals surface area contributed by atoms with Crippen LogP contribution in [-0.4, -0.2) is 34.8 Å². The van der Waals surface area contributed by atoms with E-state index in [-0.39, 0.29) is 18.0 Å². The van der Waals surface area contributed by atoms with Gasteiger partial charge in [0.1, 0.15) is 11.5 Å². The molecule has 2 aromatic heterocycles. The molecule has 4 aromatic rings. The monoisotopic (exact) mass is 575 g/mol. The summed E-state index contributed by atoms with van der Waals surface area (Å²) in [7, 11) is 3.22. The van der Waals surface area contributed by atoms with Gasteiger partial charge < -0.3 is 29.6 Å². The molecule has 1 aliphatic rings. The fourth-order valence-electron chi connectivity index (χ4n) is 5.38. The summed E-state index contributed by atoms with van der Waals surface area (Å²) in [5, 5.41) is 7.53. The molecule has 0 unspecified atom stereocenters. The highest BCUT2D eigenvalue weighted by Gasteiger charge is 2.42. The van der Waals surface area contributed by atoms with Crippen LogP contribution in [0.2, 0.25) is 5.02 Å². The van der Waals surface area contributed by atoms with Gasteiger partial charge >= 0.3 is 0 Å². The fourth-order valence-corrected chi connectivity index (χ4v) is 5.89. The standard InChI is InChI=1S/C30H30ClN5O3S/c1-17-14-22(18(2)35(17)25-15-20(31)9-11-27(25)39-5)29-28(23-8-6-7-13-32-23)34-30(40)36(29)21-10-12-26(38-4)24(16-21)33-19(3)37/h6-16,28-29H,1-5H3,(H,33,37)(H,34,40)/t28-,29-/m1/s1. The average Bonchev–Trinajstić information content (AvgIpc) is 3.43. The van der Waals surface area contributed by atoms with Crippen molar-refractivity contribution >= 4 is 46.2 Å². The van der Waals surface area contributed by atoms with E-state index in [1.165, 1.54) is 6.92 Å². The van der Waals surface area contributed by atoms with Gasteiger partial charge in [0.15, 0.2) is 5.11 Å². The molecular weight excluding hydrogens is 546 g/mol. The first-order chi connectivity index (χ1) is 19.2. The number of methoxy groups -OCH3 is 2. The van der Waals surface area contributed by atoms with E-state index in [1.807, 2.05) is 54.6 Å². The van der Waals surface area contributed by atoms with E-state index in [9.17, 15) is 4.79 Å². The first-order valence-corrected chi connectivity index (χ1v) is 13.5. The van der Waals surface area contributed by atoms with Crippen molar-refractivity contribution in [2.45, 2.75) is 32.9 Å². The van der Waals surface area contributed by atoms with Crippen LogP contribution < -0.4 is 25.0 Å². The third kappa shape index (κ3) is 4.98. The Balaban J connectivity index is 1.70. The summed E-state index contributed by atoms with van der Waals surface area (Å²) in [6.45, 7) is 5.60. The number of anilines is 2. The molecule has 1 fully saturated rings. The smallest absolute Gasteiger partial charge is 0.221 e. The van der Waals surface area contributed by atoms with Gasteiger partial charge in [-0.1, -0.05) is 17.7 Å². The van der Waals surface area contributed by atoms with Crippen LogP contribution >= 0.6 is 23.8 Å². The first-order valence-electron chi connectivity index (χ1n) is 12.7. The van der Waals surface area contributed by atoms with Crippen LogP contribution in [0.15, 0.2) is 66.9 Å². The molecule has 2 atom stereocenters. The first kappa shape index (κ1) is 27.5. The Hall–Kier alpha value is -4.08. The zero-order chi connectivity index (χ0) is 28.6. The van der Waals surface area contributed by atoms with Crippen molar-refractivity contribution in [1.82, 2.24) is 14.9 Å². The van der Waals surface area contributed by atoms with E-state index in [0.29, 0.717) is 27.3 Å². The number of amides is 1. The minimum atomic E-state index is -0.258. The Labute approximate surface area is 243 Å². The van der Waals surface area contributed by atoms with Crippen molar-refractivity contribution in [3.05, 3.63) is 94.5 Å². The number of pyridine rings is 1. The lowest BCUT2D eigenvalue weighted by Crippen LogP contribution is -2.29. The Morgan fingerprint density at radius 3 is 2.48 bits per heavy atom. The van der Waals surface area contributed by atoms with Gasteiger partial charge in [-0.3, -0.25) is 9.78 Å². The third-order valence-electron chi connectivity index (χ3n) is 7.04. The number of aromatic nitrogens is 2. The molecule has 206 valence electrons. The number of nitrogens with zero attached hydrogens (tertiary/aromatic N) is 3. The van der Waals surface area contributed by atoms with Gasteiger partial charge in [-0.15, -0.1) is 0 Å². The highest BCUT2D eigenvalue weighted by molar-refractivity contribution is 7.80. The Morgan fingerprint density at radius 1 is 1.05 bits per heavy atom. The zero-order valence-corrected chi connectivity index (χ0v) is 24.4. The number of nitrogens with one attached hydrogen (secondary N) is 2. The number of carbonyl (C=O) groups excluding carboxylic acids is 1. The summed E-state index contributed by atoms with van der Waals surface area (Å²) in [6, 6.07) is 18.7. The Bertz CT molecular complexity index is 1590. The SMILES string of the molecule is COc1ccc(N2C(=S)N[C@H](c3ccccn3)[C@H]2c2cc(C)n(-c3cc(Cl)ccc3OC)c2C)cc1NC(C)=O. The topological polar surface area (TPSA) is 80.7 Å². The summed E-state index contributed by atoms with van der Waals surface area (Å²) in [5.41, 5.74) is 6.15. The molecule has 0 saturated carbocycles. The van der Waals surface area contributed by atoms with Gasteiger partial charge in [-0.2, -0.15) is 0 Å². The van der Waals surface area contributed by atoms with Crippen molar-refractivity contribution in [1.29, 1.82) is 0 Å². The van der Waals surface area contributed by atoms with E-state index in [1.54, 1.807) is 20.4 Å². The minimum absolute atomic E-state index is 0.195. The molecule has 1 saturated heterocycles. The van der Waals surface area contributed by atoms with Crippen LogP contribution in [0.1, 0.15) is 41.7 Å². The molecule has 2 N–H and O–H groups in total. The van der Waals surface area contributed by atoms with Crippen LogP contribution in [0.4, 0.5) is 11.4 Å². The Morgan fingerprint density at radius 2 is 1.80 bits per heavy atom. The normalized spacial score (nSPS) is 16.6. The van der Waals surface area contributed by atoms with E-state index in [4.69, 9.17) is 33.3 Å². The second-order valence-corrected chi connectivity index (χ2v) is 10.4. The highest BCUT2D eigenvalue weighted by Crippen LogP contribution is 2.45. The molecule has 2 aromatic carbocycles. The zero-order valence-electron chi connectivity index (χ0n) is 22.9.